The summed E-state index contributed by atoms with van der Waals surface area (Å²) in [4.78, 5) is 19.2. The van der Waals surface area contributed by atoms with E-state index in [1.54, 1.807) is 0 Å². The van der Waals surface area contributed by atoms with Crippen LogP contribution in [0, 0.1) is 22.7 Å². The van der Waals surface area contributed by atoms with Crippen LogP contribution in [0.15, 0.2) is 89.9 Å². The first kappa shape index (κ1) is 21.3. The Morgan fingerprint density at radius 3 is 2.21 bits per heavy atom. The fraction of sp³-hybridized carbons (Fsp3) is 0.355. The molecule has 3 aromatic carbocycles. The largest absolute Gasteiger partial charge is 0.369 e. The van der Waals surface area contributed by atoms with Gasteiger partial charge in [-0.25, -0.2) is 4.99 Å². The van der Waals surface area contributed by atoms with Crippen LogP contribution in [-0.2, 0) is 10.3 Å². The van der Waals surface area contributed by atoms with Crippen molar-refractivity contribution in [1.29, 1.82) is 0 Å². The van der Waals surface area contributed by atoms with Gasteiger partial charge >= 0.3 is 0 Å². The Labute approximate surface area is 202 Å². The van der Waals surface area contributed by atoms with Gasteiger partial charge in [0.25, 0.3) is 0 Å². The van der Waals surface area contributed by atoms with Gasteiger partial charge < -0.3 is 5.32 Å². The molecule has 6 rings (SSSR count). The van der Waals surface area contributed by atoms with Crippen LogP contribution >= 0.6 is 0 Å². The number of nitrogens with one attached hydrogen (secondary N) is 1. The maximum atomic E-state index is 14.0. The van der Waals surface area contributed by atoms with Crippen LogP contribution in [0.25, 0.3) is 0 Å². The summed E-state index contributed by atoms with van der Waals surface area (Å²) in [5.41, 5.74) is 4.40. The molecule has 0 spiro atoms. The van der Waals surface area contributed by atoms with Crippen molar-refractivity contribution in [1.82, 2.24) is 0 Å². The second-order valence-electron chi connectivity index (χ2n) is 11.1. The van der Waals surface area contributed by atoms with E-state index in [1.165, 1.54) is 0 Å². The first-order chi connectivity index (χ1) is 16.4. The van der Waals surface area contributed by atoms with Gasteiger partial charge in [-0.2, -0.15) is 0 Å². The zero-order valence-corrected chi connectivity index (χ0v) is 20.2. The number of ketones is 1. The van der Waals surface area contributed by atoms with E-state index >= 15 is 0 Å². The summed E-state index contributed by atoms with van der Waals surface area (Å²) < 4.78 is 0. The Bertz CT molecular complexity index is 1280. The van der Waals surface area contributed by atoms with E-state index in [-0.39, 0.29) is 16.7 Å². The number of hydrogen-bond acceptors (Lipinski definition) is 3. The average Bonchev–Trinajstić information content (AvgIpc) is 3.18. The molecule has 0 radical (unpaired) electrons. The molecule has 2 bridgehead atoms. The van der Waals surface area contributed by atoms with Gasteiger partial charge in [0.2, 0.25) is 0 Å². The van der Waals surface area contributed by atoms with Crippen LogP contribution in [0.5, 0.6) is 0 Å². The lowest BCUT2D eigenvalue weighted by molar-refractivity contribution is -0.132. The maximum absolute atomic E-state index is 14.0. The number of fused-ring (bicyclic) bond motifs is 3. The second kappa shape index (κ2) is 7.40. The molecule has 2 saturated carbocycles. The Morgan fingerprint density at radius 1 is 0.882 bits per heavy atom. The number of benzene rings is 3. The third-order valence-corrected chi connectivity index (χ3v) is 9.40. The maximum Gasteiger partial charge on any atom is 0.142 e. The van der Waals surface area contributed by atoms with Crippen molar-refractivity contribution < 1.29 is 4.79 Å². The minimum absolute atomic E-state index is 0.000584. The van der Waals surface area contributed by atoms with Crippen LogP contribution < -0.4 is 5.32 Å². The molecule has 1 heterocycles. The molecule has 3 heteroatoms. The van der Waals surface area contributed by atoms with Crippen molar-refractivity contribution in [3.05, 3.63) is 96.1 Å². The molecular formula is C31H32N2O. The summed E-state index contributed by atoms with van der Waals surface area (Å²) in [7, 11) is 0. The highest BCUT2D eigenvalue weighted by molar-refractivity contribution is 6.13. The molecule has 3 aliphatic rings. The van der Waals surface area contributed by atoms with E-state index in [1.807, 2.05) is 12.1 Å². The first-order valence-electron chi connectivity index (χ1n) is 12.5. The van der Waals surface area contributed by atoms with Crippen LogP contribution in [0.2, 0.25) is 0 Å². The number of hydrogen-bond donors (Lipinski definition) is 1. The molecule has 34 heavy (non-hydrogen) atoms. The molecule has 0 amide bonds. The summed E-state index contributed by atoms with van der Waals surface area (Å²) >= 11 is 0. The molecule has 1 N–H and O–H groups in total. The van der Waals surface area contributed by atoms with Crippen LogP contribution in [0.4, 0.5) is 11.4 Å². The highest BCUT2D eigenvalue weighted by Gasteiger charge is 2.67. The zero-order valence-electron chi connectivity index (χ0n) is 20.2. The minimum Gasteiger partial charge on any atom is -0.369 e. The third kappa shape index (κ3) is 2.82. The number of carbonyl (C=O) groups is 1. The van der Waals surface area contributed by atoms with Crippen LogP contribution in [0.1, 0.15) is 51.2 Å². The van der Waals surface area contributed by atoms with Gasteiger partial charge in [-0.1, -0.05) is 93.6 Å². The summed E-state index contributed by atoms with van der Waals surface area (Å²) in [6.07, 6.45) is 2.84. The zero-order chi connectivity index (χ0) is 23.6. The van der Waals surface area contributed by atoms with Gasteiger partial charge in [0.15, 0.2) is 0 Å². The molecule has 4 atom stereocenters. The van der Waals surface area contributed by atoms with E-state index in [4.69, 9.17) is 4.99 Å². The molecule has 0 aromatic heterocycles. The number of Topliss-reactive ketones (excluding diaryl/α,β-unsaturated/α-hetero) is 1. The predicted molar refractivity (Wildman–Crippen MR) is 139 cm³/mol. The van der Waals surface area contributed by atoms with E-state index in [0.717, 1.165) is 41.1 Å². The van der Waals surface area contributed by atoms with Crippen molar-refractivity contribution >= 4 is 22.9 Å². The van der Waals surface area contributed by atoms with Gasteiger partial charge in [-0.15, -0.1) is 0 Å². The number of rotatable bonds is 4. The first-order valence-corrected chi connectivity index (χ1v) is 12.5. The van der Waals surface area contributed by atoms with Crippen LogP contribution in [-0.4, -0.2) is 11.5 Å². The van der Waals surface area contributed by atoms with E-state index in [0.29, 0.717) is 18.1 Å². The molecule has 172 valence electrons. The summed E-state index contributed by atoms with van der Waals surface area (Å²) in [6, 6.07) is 29.3. The van der Waals surface area contributed by atoms with Crippen molar-refractivity contribution in [2.24, 2.45) is 27.7 Å². The smallest absolute Gasteiger partial charge is 0.142 e. The summed E-state index contributed by atoms with van der Waals surface area (Å²) in [5.74, 6) is 0.833. The Kier molecular flexibility index (Phi) is 4.64. The standard InChI is InChI=1S/C31H32N2O/c1-29(2)24-18-19-30(29,3)28(34)23(24)20-31(22-14-8-5-9-15-22)27(21-12-6-4-7-13-21)32-25-16-10-11-17-26(25)33-31/h4-17,23-24,33H,18-20H2,1-3H3. The van der Waals surface area contributed by atoms with Gasteiger partial charge in [-0.3, -0.25) is 4.79 Å². The predicted octanol–water partition coefficient (Wildman–Crippen LogP) is 7.16. The fourth-order valence-corrected chi connectivity index (χ4v) is 7.12. The van der Waals surface area contributed by atoms with Crippen molar-refractivity contribution in [2.45, 2.75) is 45.6 Å². The molecule has 1 aliphatic heterocycles. The quantitative estimate of drug-likeness (QED) is 0.460. The number of para-hydroxylation sites is 2. The van der Waals surface area contributed by atoms with E-state index in [2.05, 4.69) is 98.9 Å². The SMILES string of the molecule is CC12CCC(C(CC3(c4ccccc4)Nc4ccccc4N=C3c3ccccc3)C1=O)C2(C)C. The number of carbonyl (C=O) groups excluding carboxylic acids is 1. The molecule has 4 unspecified atom stereocenters. The van der Waals surface area contributed by atoms with Gasteiger partial charge in [0.05, 0.1) is 17.1 Å². The van der Waals surface area contributed by atoms with Gasteiger partial charge in [-0.05, 0) is 53.9 Å². The van der Waals surface area contributed by atoms with Gasteiger partial charge in [0.1, 0.15) is 11.3 Å². The molecule has 3 aromatic rings. The lowest BCUT2D eigenvalue weighted by Crippen LogP contribution is -2.49. The lowest BCUT2D eigenvalue weighted by Gasteiger charge is -2.43. The summed E-state index contributed by atoms with van der Waals surface area (Å²) in [5, 5.41) is 3.94. The Morgan fingerprint density at radius 2 is 1.53 bits per heavy atom. The Balaban J connectivity index is 1.56. The molecule has 3 nitrogen and oxygen atoms in total. The third-order valence-electron chi connectivity index (χ3n) is 9.40. The molecule has 2 fully saturated rings. The lowest BCUT2D eigenvalue weighted by atomic mass is 9.69. The average molecular weight is 449 g/mol. The normalized spacial score (nSPS) is 31.0. The van der Waals surface area contributed by atoms with Crippen molar-refractivity contribution in [2.75, 3.05) is 5.32 Å². The topological polar surface area (TPSA) is 41.5 Å². The number of anilines is 1. The minimum atomic E-state index is -0.589. The van der Waals surface area contributed by atoms with Crippen LogP contribution in [0.3, 0.4) is 0 Å². The monoisotopic (exact) mass is 448 g/mol. The fourth-order valence-electron chi connectivity index (χ4n) is 7.12. The number of aliphatic imine (C=N–C) groups is 1. The number of nitrogens with zero attached hydrogens (tertiary/aromatic N) is 1. The molecule has 0 saturated heterocycles. The molecular weight excluding hydrogens is 416 g/mol. The van der Waals surface area contributed by atoms with Crippen molar-refractivity contribution in [3.63, 3.8) is 0 Å². The van der Waals surface area contributed by atoms with Gasteiger partial charge in [0, 0.05) is 11.3 Å². The highest BCUT2D eigenvalue weighted by atomic mass is 16.1. The Hall–Kier alpha value is -3.20. The van der Waals surface area contributed by atoms with E-state index < -0.39 is 5.54 Å². The second-order valence-corrected chi connectivity index (χ2v) is 11.1. The highest BCUT2D eigenvalue weighted by Crippen LogP contribution is 2.67. The van der Waals surface area contributed by atoms with Crippen molar-refractivity contribution in [3.8, 4) is 0 Å². The van der Waals surface area contributed by atoms with E-state index in [9.17, 15) is 4.79 Å². The summed E-state index contributed by atoms with van der Waals surface area (Å²) in [6.45, 7) is 6.83. The molecule has 2 aliphatic carbocycles.